The number of rotatable bonds is 2. The van der Waals surface area contributed by atoms with Crippen LogP contribution >= 0.6 is 0 Å². The van der Waals surface area contributed by atoms with Gasteiger partial charge in [0.1, 0.15) is 5.39 Å². The molecule has 0 amide bonds. The molecule has 0 bridgehead atoms. The lowest BCUT2D eigenvalue weighted by Crippen LogP contribution is -2.11. The molecule has 0 spiro atoms. The Morgan fingerprint density at radius 1 is 1.28 bits per heavy atom. The largest absolute Gasteiger partial charge is 0.326 e. The molecule has 10 heteroatoms. The second-order valence-electron chi connectivity index (χ2n) is 3.20. The predicted octanol–water partition coefficient (Wildman–Crippen LogP) is 0.879. The van der Waals surface area contributed by atoms with E-state index in [1.807, 2.05) is 4.98 Å². The lowest BCUT2D eigenvalue weighted by Gasteiger charge is -2.00. The Bertz CT molecular complexity index is 740. The molecule has 0 aliphatic rings. The topological polar surface area (TPSA) is 132 Å². The Kier molecular flexibility index (Phi) is 2.47. The monoisotopic (exact) mass is 254 g/mol. The smallest absolute Gasteiger partial charge is 0.312 e. The molecule has 0 saturated carbocycles. The molecule has 1 aromatic carbocycles. The number of nitro benzene ring substituents is 2. The van der Waals surface area contributed by atoms with Crippen LogP contribution < -0.4 is 5.56 Å². The van der Waals surface area contributed by atoms with Gasteiger partial charge in [-0.1, -0.05) is 0 Å². The standard InChI is InChI=1S/C8H3FN4O5/c9-6-4(12(15)16)1-3-5(7(6)13(17)18)8(14)11-2-10-3/h1-2H,(H,10,11,14). The Balaban J connectivity index is 3.07. The maximum atomic E-state index is 13.6. The predicted molar refractivity (Wildman–Crippen MR) is 55.6 cm³/mol. The quantitative estimate of drug-likeness (QED) is 0.624. The summed E-state index contributed by atoms with van der Waals surface area (Å²) in [5, 5.41) is 20.6. The van der Waals surface area contributed by atoms with Gasteiger partial charge in [0.05, 0.1) is 21.7 Å². The van der Waals surface area contributed by atoms with Crippen molar-refractivity contribution < 1.29 is 14.2 Å². The Morgan fingerprint density at radius 3 is 2.50 bits per heavy atom. The molecule has 18 heavy (non-hydrogen) atoms. The van der Waals surface area contributed by atoms with Gasteiger partial charge < -0.3 is 4.98 Å². The Hall–Kier alpha value is -2.91. The Morgan fingerprint density at radius 2 is 1.94 bits per heavy atom. The molecule has 1 aromatic heterocycles. The number of hydrogen-bond acceptors (Lipinski definition) is 6. The van der Waals surface area contributed by atoms with Gasteiger partial charge in [0, 0.05) is 6.07 Å². The maximum absolute atomic E-state index is 13.6. The summed E-state index contributed by atoms with van der Waals surface area (Å²) in [4.78, 5) is 35.9. The molecule has 0 fully saturated rings. The molecule has 0 aliphatic heterocycles. The summed E-state index contributed by atoms with van der Waals surface area (Å²) in [6, 6.07) is 0.674. The van der Waals surface area contributed by atoms with E-state index in [1.54, 1.807) is 0 Å². The van der Waals surface area contributed by atoms with Crippen LogP contribution in [0.2, 0.25) is 0 Å². The first kappa shape index (κ1) is 11.6. The van der Waals surface area contributed by atoms with Crippen molar-refractivity contribution in [1.29, 1.82) is 0 Å². The number of nitrogens with one attached hydrogen (secondary N) is 1. The van der Waals surface area contributed by atoms with Crippen molar-refractivity contribution in [1.82, 2.24) is 9.97 Å². The summed E-state index contributed by atoms with van der Waals surface area (Å²) in [6.07, 6.45) is 0.913. The molecule has 0 unspecified atom stereocenters. The zero-order chi connectivity index (χ0) is 13.4. The minimum atomic E-state index is -1.67. The summed E-state index contributed by atoms with van der Waals surface area (Å²) in [5.74, 6) is -1.67. The first-order chi connectivity index (χ1) is 8.43. The molecule has 0 radical (unpaired) electrons. The molecular weight excluding hydrogens is 251 g/mol. The number of H-pyrrole nitrogens is 1. The van der Waals surface area contributed by atoms with Gasteiger partial charge in [-0.25, -0.2) is 4.98 Å². The van der Waals surface area contributed by atoms with E-state index in [0.717, 1.165) is 6.33 Å². The highest BCUT2D eigenvalue weighted by atomic mass is 19.1. The van der Waals surface area contributed by atoms with Crippen LogP contribution in [0.15, 0.2) is 17.2 Å². The van der Waals surface area contributed by atoms with Crippen molar-refractivity contribution >= 4 is 22.3 Å². The fourth-order valence-corrected chi connectivity index (χ4v) is 1.48. The SMILES string of the molecule is O=c1[nH]cnc2cc([N+](=O)[O-])c(F)c([N+](=O)[O-])c12. The normalized spacial score (nSPS) is 10.5. The van der Waals surface area contributed by atoms with Gasteiger partial charge in [-0.15, -0.1) is 0 Å². The maximum Gasteiger partial charge on any atom is 0.326 e. The van der Waals surface area contributed by atoms with Crippen LogP contribution in [-0.2, 0) is 0 Å². The highest BCUT2D eigenvalue weighted by Crippen LogP contribution is 2.31. The highest BCUT2D eigenvalue weighted by Gasteiger charge is 2.31. The van der Waals surface area contributed by atoms with Crippen LogP contribution in [0, 0.1) is 26.0 Å². The van der Waals surface area contributed by atoms with E-state index in [4.69, 9.17) is 0 Å². The number of hydrogen-bond donors (Lipinski definition) is 1. The first-order valence-electron chi connectivity index (χ1n) is 4.42. The van der Waals surface area contributed by atoms with E-state index in [-0.39, 0.29) is 5.52 Å². The number of halogens is 1. The zero-order valence-electron chi connectivity index (χ0n) is 8.42. The number of fused-ring (bicyclic) bond motifs is 1. The van der Waals surface area contributed by atoms with Crippen molar-refractivity contribution in [3.05, 3.63) is 48.8 Å². The van der Waals surface area contributed by atoms with Gasteiger partial charge >= 0.3 is 11.4 Å². The molecule has 2 aromatic rings. The van der Waals surface area contributed by atoms with Crippen LogP contribution in [-0.4, -0.2) is 19.8 Å². The van der Waals surface area contributed by atoms with Crippen molar-refractivity contribution in [2.24, 2.45) is 0 Å². The average Bonchev–Trinajstić information content (AvgIpc) is 2.28. The van der Waals surface area contributed by atoms with Gasteiger partial charge in [0.25, 0.3) is 11.4 Å². The van der Waals surface area contributed by atoms with Crippen molar-refractivity contribution in [2.45, 2.75) is 0 Å². The molecule has 2 rings (SSSR count). The van der Waals surface area contributed by atoms with E-state index < -0.39 is 38.0 Å². The second-order valence-corrected chi connectivity index (χ2v) is 3.20. The second kappa shape index (κ2) is 3.84. The lowest BCUT2D eigenvalue weighted by atomic mass is 10.1. The molecule has 9 nitrogen and oxygen atoms in total. The van der Waals surface area contributed by atoms with E-state index >= 15 is 0 Å². The lowest BCUT2D eigenvalue weighted by molar-refractivity contribution is -0.398. The van der Waals surface area contributed by atoms with E-state index in [9.17, 15) is 29.4 Å². The Labute approximate surface area is 96.2 Å². The van der Waals surface area contributed by atoms with Crippen molar-refractivity contribution in [3.63, 3.8) is 0 Å². The summed E-state index contributed by atoms with van der Waals surface area (Å²) in [6.45, 7) is 0. The minimum absolute atomic E-state index is 0.321. The minimum Gasteiger partial charge on any atom is -0.312 e. The number of nitro groups is 2. The number of aromatic amines is 1. The average molecular weight is 254 g/mol. The van der Waals surface area contributed by atoms with Gasteiger partial charge in [-0.2, -0.15) is 4.39 Å². The van der Waals surface area contributed by atoms with Gasteiger partial charge in [-0.3, -0.25) is 25.0 Å². The fourth-order valence-electron chi connectivity index (χ4n) is 1.48. The van der Waals surface area contributed by atoms with E-state index in [1.165, 1.54) is 0 Å². The molecule has 1 N–H and O–H groups in total. The summed E-state index contributed by atoms with van der Waals surface area (Å²) < 4.78 is 13.6. The zero-order valence-corrected chi connectivity index (χ0v) is 8.42. The summed E-state index contributed by atoms with van der Waals surface area (Å²) in [7, 11) is 0. The summed E-state index contributed by atoms with van der Waals surface area (Å²) in [5.41, 5.74) is -3.63. The number of nitrogens with zero attached hydrogens (tertiary/aromatic N) is 3. The van der Waals surface area contributed by atoms with Crippen LogP contribution in [0.4, 0.5) is 15.8 Å². The van der Waals surface area contributed by atoms with Crippen LogP contribution in [0.1, 0.15) is 0 Å². The molecule has 0 saturated heterocycles. The molecule has 0 aliphatic carbocycles. The first-order valence-corrected chi connectivity index (χ1v) is 4.42. The van der Waals surface area contributed by atoms with Gasteiger partial charge in [0.15, 0.2) is 0 Å². The fraction of sp³-hybridized carbons (Fsp3) is 0. The van der Waals surface area contributed by atoms with Crippen LogP contribution in [0.3, 0.4) is 0 Å². The van der Waals surface area contributed by atoms with Crippen LogP contribution in [0.5, 0.6) is 0 Å². The van der Waals surface area contributed by atoms with E-state index in [0.29, 0.717) is 6.07 Å². The van der Waals surface area contributed by atoms with Crippen molar-refractivity contribution in [2.75, 3.05) is 0 Å². The molecular formula is C8H3FN4O5. The third-order valence-corrected chi connectivity index (χ3v) is 2.20. The van der Waals surface area contributed by atoms with Gasteiger partial charge in [0.2, 0.25) is 0 Å². The molecule has 0 atom stereocenters. The van der Waals surface area contributed by atoms with Crippen LogP contribution in [0.25, 0.3) is 10.9 Å². The van der Waals surface area contributed by atoms with E-state index in [2.05, 4.69) is 4.98 Å². The number of aromatic nitrogens is 2. The highest BCUT2D eigenvalue weighted by molar-refractivity contribution is 5.89. The molecule has 92 valence electrons. The third-order valence-electron chi connectivity index (χ3n) is 2.20. The summed E-state index contributed by atoms with van der Waals surface area (Å²) >= 11 is 0. The third kappa shape index (κ3) is 1.55. The van der Waals surface area contributed by atoms with Gasteiger partial charge in [-0.05, 0) is 0 Å². The van der Waals surface area contributed by atoms with Crippen molar-refractivity contribution in [3.8, 4) is 0 Å². The number of benzene rings is 1. The molecule has 1 heterocycles.